The molecule has 3 aromatic carbocycles. The molecule has 3 heteroatoms. The van der Waals surface area contributed by atoms with Crippen molar-refractivity contribution >= 4 is 27.5 Å². The molecule has 23 heavy (non-hydrogen) atoms. The lowest BCUT2D eigenvalue weighted by molar-refractivity contribution is 0.103. The molecule has 112 valence electrons. The maximum atomic E-state index is 12.8. The Balaban J connectivity index is 1.89. The topological polar surface area (TPSA) is 42.1 Å². The van der Waals surface area contributed by atoms with Crippen LogP contribution in [0.15, 0.2) is 66.7 Å². The third-order valence-corrected chi connectivity index (χ3v) is 4.12. The summed E-state index contributed by atoms with van der Waals surface area (Å²) in [6.07, 6.45) is 0. The molecule has 0 aliphatic heterocycles. The van der Waals surface area contributed by atoms with Crippen LogP contribution in [-0.4, -0.2) is 17.9 Å². The second-order valence-electron chi connectivity index (χ2n) is 5.46. The number of rotatable bonds is 3. The van der Waals surface area contributed by atoms with Crippen LogP contribution in [0, 0.1) is 0 Å². The molecular weight excluding hydrogens is 286 g/mol. The average molecular weight is 301 g/mol. The second kappa shape index (κ2) is 5.29. The van der Waals surface area contributed by atoms with E-state index < -0.39 is 0 Å². The first-order chi connectivity index (χ1) is 11.3. The summed E-state index contributed by atoms with van der Waals surface area (Å²) in [6, 6.07) is 21.4. The molecule has 0 unspecified atom stereocenters. The molecule has 0 aliphatic carbocycles. The van der Waals surface area contributed by atoms with Crippen LogP contribution in [0.5, 0.6) is 5.75 Å². The van der Waals surface area contributed by atoms with E-state index in [1.807, 2.05) is 36.4 Å². The molecular formula is C20H15NO2. The van der Waals surface area contributed by atoms with Crippen molar-refractivity contribution in [2.45, 2.75) is 0 Å². The number of aromatic amines is 1. The first-order valence-corrected chi connectivity index (χ1v) is 7.46. The molecule has 0 atom stereocenters. The van der Waals surface area contributed by atoms with Gasteiger partial charge >= 0.3 is 0 Å². The molecule has 0 spiro atoms. The quantitative estimate of drug-likeness (QED) is 0.564. The smallest absolute Gasteiger partial charge is 0.212 e. The molecule has 1 aromatic heterocycles. The minimum Gasteiger partial charge on any atom is -0.496 e. The fraction of sp³-hybridized carbons (Fsp3) is 0.0500. The molecule has 1 heterocycles. The number of H-pyrrole nitrogens is 1. The number of ether oxygens (including phenoxy) is 1. The van der Waals surface area contributed by atoms with Gasteiger partial charge in [0.1, 0.15) is 5.75 Å². The maximum absolute atomic E-state index is 12.8. The van der Waals surface area contributed by atoms with Crippen molar-refractivity contribution in [2.24, 2.45) is 0 Å². The molecule has 0 saturated carbocycles. The molecule has 0 radical (unpaired) electrons. The summed E-state index contributed by atoms with van der Waals surface area (Å²) >= 11 is 0. The molecule has 3 nitrogen and oxygen atoms in total. The predicted molar refractivity (Wildman–Crippen MR) is 92.2 cm³/mol. The van der Waals surface area contributed by atoms with Gasteiger partial charge in [-0.3, -0.25) is 4.79 Å². The second-order valence-corrected chi connectivity index (χ2v) is 5.46. The number of para-hydroxylation sites is 1. The van der Waals surface area contributed by atoms with Crippen LogP contribution < -0.4 is 4.74 Å². The summed E-state index contributed by atoms with van der Waals surface area (Å²) in [6.45, 7) is 0. The maximum Gasteiger partial charge on any atom is 0.212 e. The zero-order valence-electron chi connectivity index (χ0n) is 12.7. The van der Waals surface area contributed by atoms with Gasteiger partial charge in [-0.25, -0.2) is 0 Å². The molecule has 0 fully saturated rings. The fourth-order valence-electron chi connectivity index (χ4n) is 2.99. The van der Waals surface area contributed by atoms with E-state index in [4.69, 9.17) is 4.74 Å². The normalized spacial score (nSPS) is 11.0. The number of hydrogen-bond acceptors (Lipinski definition) is 2. The van der Waals surface area contributed by atoms with Crippen molar-refractivity contribution < 1.29 is 9.53 Å². The van der Waals surface area contributed by atoms with Gasteiger partial charge in [0.25, 0.3) is 0 Å². The first-order valence-electron chi connectivity index (χ1n) is 7.46. The number of carbonyl (C=O) groups excluding carboxylic acids is 1. The summed E-state index contributed by atoms with van der Waals surface area (Å²) in [7, 11) is 1.57. The summed E-state index contributed by atoms with van der Waals surface area (Å²) in [4.78, 5) is 16.1. The largest absolute Gasteiger partial charge is 0.496 e. The third-order valence-electron chi connectivity index (χ3n) is 4.12. The molecule has 0 saturated heterocycles. The number of methoxy groups -OCH3 is 1. The molecule has 1 N–H and O–H groups in total. The third kappa shape index (κ3) is 2.18. The summed E-state index contributed by atoms with van der Waals surface area (Å²) < 4.78 is 5.30. The fourth-order valence-corrected chi connectivity index (χ4v) is 2.99. The molecule has 0 bridgehead atoms. The highest BCUT2D eigenvalue weighted by Crippen LogP contribution is 2.28. The lowest BCUT2D eigenvalue weighted by Gasteiger charge is -2.05. The zero-order chi connectivity index (χ0) is 15.8. The number of hydrogen-bond donors (Lipinski definition) is 1. The minimum absolute atomic E-state index is 0.0669. The standard InChI is InChI=1S/C20H15NO2/c1-23-19-9-5-4-8-15(19)20(22)18-12-16-14-7-3-2-6-13(14)10-11-17(16)21-18/h2-12,21H,1H3. The minimum atomic E-state index is -0.0669. The molecule has 4 aromatic rings. The van der Waals surface area contributed by atoms with Crippen molar-refractivity contribution in [1.82, 2.24) is 4.98 Å². The van der Waals surface area contributed by atoms with E-state index in [2.05, 4.69) is 23.2 Å². The van der Waals surface area contributed by atoms with Gasteiger partial charge in [-0.1, -0.05) is 42.5 Å². The van der Waals surface area contributed by atoms with Crippen molar-refractivity contribution in [1.29, 1.82) is 0 Å². The van der Waals surface area contributed by atoms with Gasteiger partial charge in [-0.2, -0.15) is 0 Å². The number of nitrogens with one attached hydrogen (secondary N) is 1. The summed E-state index contributed by atoms with van der Waals surface area (Å²) in [5.41, 5.74) is 2.09. The van der Waals surface area contributed by atoms with E-state index in [0.29, 0.717) is 17.0 Å². The molecule has 0 amide bonds. The van der Waals surface area contributed by atoms with Gasteiger partial charge < -0.3 is 9.72 Å². The lowest BCUT2D eigenvalue weighted by Crippen LogP contribution is -2.03. The van der Waals surface area contributed by atoms with E-state index >= 15 is 0 Å². The highest BCUT2D eigenvalue weighted by molar-refractivity contribution is 6.15. The monoisotopic (exact) mass is 301 g/mol. The van der Waals surface area contributed by atoms with Gasteiger partial charge in [0.2, 0.25) is 5.78 Å². The number of benzene rings is 3. The van der Waals surface area contributed by atoms with Gasteiger partial charge in [0.15, 0.2) is 0 Å². The molecule has 0 aliphatic rings. The van der Waals surface area contributed by atoms with Crippen LogP contribution in [0.4, 0.5) is 0 Å². The Labute approximate surface area is 133 Å². The van der Waals surface area contributed by atoms with Crippen molar-refractivity contribution in [3.8, 4) is 5.75 Å². The highest BCUT2D eigenvalue weighted by atomic mass is 16.5. The predicted octanol–water partition coefficient (Wildman–Crippen LogP) is 4.56. The first kappa shape index (κ1) is 13.6. The number of fused-ring (bicyclic) bond motifs is 3. The Kier molecular flexibility index (Phi) is 3.12. The van der Waals surface area contributed by atoms with Crippen molar-refractivity contribution in [3.63, 3.8) is 0 Å². The number of carbonyl (C=O) groups is 1. The van der Waals surface area contributed by atoms with Crippen LogP contribution in [-0.2, 0) is 0 Å². The van der Waals surface area contributed by atoms with Crippen LogP contribution >= 0.6 is 0 Å². The number of ketones is 1. The Bertz CT molecular complexity index is 1030. The Hall–Kier alpha value is -3.07. The SMILES string of the molecule is COc1ccccc1C(=O)c1cc2c(ccc3ccccc32)[nH]1. The Morgan fingerprint density at radius 3 is 2.57 bits per heavy atom. The Morgan fingerprint density at radius 1 is 0.913 bits per heavy atom. The van der Waals surface area contributed by atoms with Crippen LogP contribution in [0.1, 0.15) is 16.1 Å². The van der Waals surface area contributed by atoms with Crippen molar-refractivity contribution in [2.75, 3.05) is 7.11 Å². The van der Waals surface area contributed by atoms with E-state index in [-0.39, 0.29) is 5.78 Å². The molecule has 4 rings (SSSR count). The van der Waals surface area contributed by atoms with Crippen LogP contribution in [0.3, 0.4) is 0 Å². The van der Waals surface area contributed by atoms with Crippen LogP contribution in [0.2, 0.25) is 0 Å². The van der Waals surface area contributed by atoms with Gasteiger partial charge in [-0.05, 0) is 35.0 Å². The highest BCUT2D eigenvalue weighted by Gasteiger charge is 2.16. The van der Waals surface area contributed by atoms with E-state index in [1.54, 1.807) is 19.2 Å². The van der Waals surface area contributed by atoms with Gasteiger partial charge in [0.05, 0.1) is 18.4 Å². The van der Waals surface area contributed by atoms with Crippen molar-refractivity contribution in [3.05, 3.63) is 78.0 Å². The number of aromatic nitrogens is 1. The summed E-state index contributed by atoms with van der Waals surface area (Å²) in [5, 5.41) is 3.36. The average Bonchev–Trinajstić information content (AvgIpc) is 3.05. The van der Waals surface area contributed by atoms with Crippen LogP contribution in [0.25, 0.3) is 21.7 Å². The van der Waals surface area contributed by atoms with E-state index in [9.17, 15) is 4.79 Å². The van der Waals surface area contributed by atoms with E-state index in [0.717, 1.165) is 21.7 Å². The van der Waals surface area contributed by atoms with Gasteiger partial charge in [-0.15, -0.1) is 0 Å². The zero-order valence-corrected chi connectivity index (χ0v) is 12.7. The van der Waals surface area contributed by atoms with Gasteiger partial charge in [0, 0.05) is 10.9 Å². The lowest BCUT2D eigenvalue weighted by atomic mass is 10.0. The Morgan fingerprint density at radius 2 is 1.70 bits per heavy atom. The van der Waals surface area contributed by atoms with E-state index in [1.165, 1.54) is 0 Å². The summed E-state index contributed by atoms with van der Waals surface area (Å²) in [5.74, 6) is 0.517.